The summed E-state index contributed by atoms with van der Waals surface area (Å²) in [6.07, 6.45) is -1.16. The van der Waals surface area contributed by atoms with E-state index in [-0.39, 0.29) is 24.3 Å². The van der Waals surface area contributed by atoms with Crippen LogP contribution in [0.2, 0.25) is 0 Å². The second kappa shape index (κ2) is 5.20. The van der Waals surface area contributed by atoms with Crippen molar-refractivity contribution in [3.8, 4) is 5.75 Å². The molecule has 6 heteroatoms. The van der Waals surface area contributed by atoms with Gasteiger partial charge in [0.1, 0.15) is 5.75 Å². The highest BCUT2D eigenvalue weighted by atomic mass is 16.4. The van der Waals surface area contributed by atoms with Gasteiger partial charge < -0.3 is 15.3 Å². The van der Waals surface area contributed by atoms with Crippen molar-refractivity contribution >= 4 is 17.7 Å². The summed E-state index contributed by atoms with van der Waals surface area (Å²) in [5.74, 6) is -1.17. The summed E-state index contributed by atoms with van der Waals surface area (Å²) in [5.41, 5.74) is 0.554. The first kappa shape index (κ1) is 12.8. The zero-order chi connectivity index (χ0) is 13.0. The van der Waals surface area contributed by atoms with Crippen molar-refractivity contribution in [1.29, 1.82) is 0 Å². The maximum Gasteiger partial charge on any atom is 0.411 e. The highest BCUT2D eigenvalue weighted by molar-refractivity contribution is 5.87. The van der Waals surface area contributed by atoms with Gasteiger partial charge in [-0.05, 0) is 18.1 Å². The molecule has 0 aliphatic carbocycles. The number of carboxylic acid groups (broad SMARTS) is 2. The van der Waals surface area contributed by atoms with Crippen LogP contribution >= 0.6 is 0 Å². The van der Waals surface area contributed by atoms with Crippen LogP contribution in [0, 0.1) is 0 Å². The van der Waals surface area contributed by atoms with Crippen LogP contribution < -0.4 is 4.90 Å². The SMILES string of the molecule is CN(C(=O)O)c1cccc(CCC(=O)O)c1O. The monoisotopic (exact) mass is 239 g/mol. The minimum Gasteiger partial charge on any atom is -0.505 e. The topological polar surface area (TPSA) is 98.1 Å². The van der Waals surface area contributed by atoms with Gasteiger partial charge in [0.15, 0.2) is 0 Å². The Labute approximate surface area is 97.7 Å². The maximum atomic E-state index is 10.8. The lowest BCUT2D eigenvalue weighted by molar-refractivity contribution is -0.136. The number of carbonyl (C=O) groups is 2. The van der Waals surface area contributed by atoms with Crippen LogP contribution in [0.5, 0.6) is 5.75 Å². The summed E-state index contributed by atoms with van der Waals surface area (Å²) in [6.45, 7) is 0. The number of phenolic OH excluding ortho intramolecular Hbond substituents is 1. The zero-order valence-electron chi connectivity index (χ0n) is 9.25. The first-order chi connectivity index (χ1) is 7.93. The Morgan fingerprint density at radius 2 is 1.94 bits per heavy atom. The summed E-state index contributed by atoms with van der Waals surface area (Å²) < 4.78 is 0. The number of para-hydroxylation sites is 1. The van der Waals surface area contributed by atoms with E-state index in [1.165, 1.54) is 13.1 Å². The standard InChI is InChI=1S/C11H13NO5/c1-12(11(16)17)8-4-2-3-7(10(8)15)5-6-9(13)14/h2-4,15H,5-6H2,1H3,(H,13,14)(H,16,17). The van der Waals surface area contributed by atoms with Gasteiger partial charge in [0, 0.05) is 13.5 Å². The molecular formula is C11H13NO5. The fraction of sp³-hybridized carbons (Fsp3) is 0.273. The van der Waals surface area contributed by atoms with Crippen LogP contribution in [0.4, 0.5) is 10.5 Å². The van der Waals surface area contributed by atoms with Crippen molar-refractivity contribution in [3.05, 3.63) is 23.8 Å². The van der Waals surface area contributed by atoms with Crippen LogP contribution in [0.25, 0.3) is 0 Å². The first-order valence-corrected chi connectivity index (χ1v) is 4.92. The Bertz CT molecular complexity index is 443. The van der Waals surface area contributed by atoms with Gasteiger partial charge in [-0.1, -0.05) is 12.1 Å². The predicted octanol–water partition coefficient (Wildman–Crippen LogP) is 1.52. The molecule has 0 atom stereocenters. The highest BCUT2D eigenvalue weighted by Gasteiger charge is 2.15. The molecule has 17 heavy (non-hydrogen) atoms. The number of aromatic hydroxyl groups is 1. The van der Waals surface area contributed by atoms with Crippen LogP contribution in [-0.4, -0.2) is 34.4 Å². The summed E-state index contributed by atoms with van der Waals surface area (Å²) in [6, 6.07) is 4.59. The molecule has 6 nitrogen and oxygen atoms in total. The number of carboxylic acids is 1. The molecule has 1 amide bonds. The number of hydrogen-bond donors (Lipinski definition) is 3. The number of hydrogen-bond acceptors (Lipinski definition) is 3. The zero-order valence-corrected chi connectivity index (χ0v) is 9.25. The number of rotatable bonds is 4. The number of nitrogens with zero attached hydrogens (tertiary/aromatic N) is 1. The Balaban J connectivity index is 2.98. The molecule has 3 N–H and O–H groups in total. The minimum atomic E-state index is -1.20. The van der Waals surface area contributed by atoms with Crippen molar-refractivity contribution in [2.24, 2.45) is 0 Å². The van der Waals surface area contributed by atoms with E-state index in [1.54, 1.807) is 12.1 Å². The molecular weight excluding hydrogens is 226 g/mol. The summed E-state index contributed by atoms with van der Waals surface area (Å²) in [4.78, 5) is 22.0. The molecule has 0 saturated heterocycles. The van der Waals surface area contributed by atoms with E-state index in [2.05, 4.69) is 0 Å². The molecule has 0 bridgehead atoms. The molecule has 0 saturated carbocycles. The third kappa shape index (κ3) is 3.10. The normalized spacial score (nSPS) is 9.94. The van der Waals surface area contributed by atoms with Gasteiger partial charge in [-0.25, -0.2) is 4.79 Å². The molecule has 0 heterocycles. The number of amides is 1. The summed E-state index contributed by atoms with van der Waals surface area (Å²) >= 11 is 0. The predicted molar refractivity (Wildman–Crippen MR) is 60.5 cm³/mol. The van der Waals surface area contributed by atoms with Gasteiger partial charge in [-0.15, -0.1) is 0 Å². The number of aryl methyl sites for hydroxylation is 1. The van der Waals surface area contributed by atoms with Gasteiger partial charge in [0.25, 0.3) is 0 Å². The molecule has 1 rings (SSSR count). The third-order valence-electron chi connectivity index (χ3n) is 2.35. The van der Waals surface area contributed by atoms with E-state index in [9.17, 15) is 14.7 Å². The van der Waals surface area contributed by atoms with Gasteiger partial charge in [0.2, 0.25) is 0 Å². The molecule has 0 unspecified atom stereocenters. The highest BCUT2D eigenvalue weighted by Crippen LogP contribution is 2.30. The Morgan fingerprint density at radius 1 is 1.29 bits per heavy atom. The Kier molecular flexibility index (Phi) is 3.92. The number of benzene rings is 1. The van der Waals surface area contributed by atoms with Crippen molar-refractivity contribution in [2.75, 3.05) is 11.9 Å². The van der Waals surface area contributed by atoms with Gasteiger partial charge in [-0.2, -0.15) is 0 Å². The van der Waals surface area contributed by atoms with Crippen LogP contribution in [0.1, 0.15) is 12.0 Å². The van der Waals surface area contributed by atoms with E-state index in [4.69, 9.17) is 10.2 Å². The average molecular weight is 239 g/mol. The number of phenols is 1. The lowest BCUT2D eigenvalue weighted by Gasteiger charge is -2.16. The minimum absolute atomic E-state index is 0.117. The third-order valence-corrected chi connectivity index (χ3v) is 2.35. The van der Waals surface area contributed by atoms with Crippen molar-refractivity contribution in [1.82, 2.24) is 0 Å². The number of aliphatic carboxylic acids is 1. The fourth-order valence-electron chi connectivity index (χ4n) is 1.39. The molecule has 0 aliphatic rings. The van der Waals surface area contributed by atoms with Gasteiger partial charge in [-0.3, -0.25) is 9.69 Å². The lowest BCUT2D eigenvalue weighted by atomic mass is 10.1. The van der Waals surface area contributed by atoms with Crippen LogP contribution in [-0.2, 0) is 11.2 Å². The van der Waals surface area contributed by atoms with Gasteiger partial charge in [0.05, 0.1) is 5.69 Å². The maximum absolute atomic E-state index is 10.8. The fourth-order valence-corrected chi connectivity index (χ4v) is 1.39. The van der Waals surface area contributed by atoms with Crippen LogP contribution in [0.15, 0.2) is 18.2 Å². The molecule has 0 radical (unpaired) electrons. The van der Waals surface area contributed by atoms with Gasteiger partial charge >= 0.3 is 12.1 Å². The lowest BCUT2D eigenvalue weighted by Crippen LogP contribution is -2.23. The second-order valence-corrected chi connectivity index (χ2v) is 3.52. The molecule has 0 fully saturated rings. The molecule has 1 aromatic rings. The number of anilines is 1. The smallest absolute Gasteiger partial charge is 0.411 e. The van der Waals surface area contributed by atoms with E-state index >= 15 is 0 Å². The molecule has 0 aliphatic heterocycles. The van der Waals surface area contributed by atoms with E-state index in [1.807, 2.05) is 0 Å². The Hall–Kier alpha value is -2.24. The largest absolute Gasteiger partial charge is 0.505 e. The van der Waals surface area contributed by atoms with Crippen molar-refractivity contribution in [3.63, 3.8) is 0 Å². The van der Waals surface area contributed by atoms with Crippen LogP contribution in [0.3, 0.4) is 0 Å². The van der Waals surface area contributed by atoms with Crippen molar-refractivity contribution in [2.45, 2.75) is 12.8 Å². The summed E-state index contributed by atoms with van der Waals surface area (Å²) in [7, 11) is 1.30. The van der Waals surface area contributed by atoms with E-state index in [0.29, 0.717) is 5.56 Å². The molecule has 1 aromatic carbocycles. The van der Waals surface area contributed by atoms with Crippen molar-refractivity contribution < 1.29 is 24.9 Å². The Morgan fingerprint density at radius 3 is 2.47 bits per heavy atom. The molecule has 0 aromatic heterocycles. The average Bonchev–Trinajstić information content (AvgIpc) is 2.26. The van der Waals surface area contributed by atoms with E-state index < -0.39 is 12.1 Å². The molecule has 92 valence electrons. The quantitative estimate of drug-likeness (QED) is 0.740. The first-order valence-electron chi connectivity index (χ1n) is 4.92. The summed E-state index contributed by atoms with van der Waals surface area (Å²) in [5, 5.41) is 27.2. The second-order valence-electron chi connectivity index (χ2n) is 3.52. The van der Waals surface area contributed by atoms with E-state index in [0.717, 1.165) is 4.90 Å². The molecule has 0 spiro atoms.